The van der Waals surface area contributed by atoms with Crippen LogP contribution in [0.5, 0.6) is 0 Å². The van der Waals surface area contributed by atoms with Gasteiger partial charge in [0.1, 0.15) is 0 Å². The summed E-state index contributed by atoms with van der Waals surface area (Å²) in [6, 6.07) is 4.59. The normalized spacial score (nSPS) is 22.3. The fraction of sp³-hybridized carbons (Fsp3) is 0.467. The molecule has 4 N–H and O–H groups in total. The van der Waals surface area contributed by atoms with E-state index >= 15 is 0 Å². The summed E-state index contributed by atoms with van der Waals surface area (Å²) in [4.78, 5) is 23.1. The van der Waals surface area contributed by atoms with Gasteiger partial charge in [-0.2, -0.15) is 0 Å². The van der Waals surface area contributed by atoms with Crippen molar-refractivity contribution in [2.75, 3.05) is 5.32 Å². The highest BCUT2D eigenvalue weighted by Crippen LogP contribution is 2.25. The van der Waals surface area contributed by atoms with E-state index < -0.39 is 5.97 Å². The molecule has 0 spiro atoms. The number of carbonyl (C=O) groups excluding carboxylic acids is 1. The van der Waals surface area contributed by atoms with Gasteiger partial charge in [0, 0.05) is 11.7 Å². The molecule has 1 amide bonds. The summed E-state index contributed by atoms with van der Waals surface area (Å²) in [7, 11) is 0. The van der Waals surface area contributed by atoms with E-state index in [1.165, 1.54) is 6.07 Å². The molecule has 1 aliphatic carbocycles. The highest BCUT2D eigenvalue weighted by molar-refractivity contribution is 5.95. The van der Waals surface area contributed by atoms with Crippen LogP contribution < -0.4 is 11.1 Å². The van der Waals surface area contributed by atoms with Crippen LogP contribution in [0.1, 0.15) is 41.6 Å². The Labute approximate surface area is 118 Å². The molecule has 5 heteroatoms. The van der Waals surface area contributed by atoms with Crippen LogP contribution in [0.2, 0.25) is 0 Å². The van der Waals surface area contributed by atoms with Gasteiger partial charge in [-0.15, -0.1) is 0 Å². The zero-order valence-electron chi connectivity index (χ0n) is 11.6. The number of aryl methyl sites for hydroxylation is 1. The van der Waals surface area contributed by atoms with Crippen molar-refractivity contribution in [3.05, 3.63) is 29.3 Å². The molecule has 20 heavy (non-hydrogen) atoms. The average Bonchev–Trinajstić information content (AvgIpc) is 2.41. The second-order valence-electron chi connectivity index (χ2n) is 5.38. The van der Waals surface area contributed by atoms with Gasteiger partial charge in [-0.3, -0.25) is 4.79 Å². The van der Waals surface area contributed by atoms with Crippen molar-refractivity contribution in [1.82, 2.24) is 0 Å². The molecular weight excluding hydrogens is 256 g/mol. The van der Waals surface area contributed by atoms with E-state index in [0.29, 0.717) is 5.69 Å². The number of rotatable bonds is 3. The number of anilines is 1. The van der Waals surface area contributed by atoms with Crippen molar-refractivity contribution < 1.29 is 14.7 Å². The van der Waals surface area contributed by atoms with Gasteiger partial charge in [0.15, 0.2) is 0 Å². The summed E-state index contributed by atoms with van der Waals surface area (Å²) in [6.07, 6.45) is 3.81. The third kappa shape index (κ3) is 3.17. The van der Waals surface area contributed by atoms with E-state index in [1.807, 2.05) is 0 Å². The topological polar surface area (TPSA) is 92.4 Å². The molecule has 1 saturated carbocycles. The number of benzene rings is 1. The van der Waals surface area contributed by atoms with E-state index in [4.69, 9.17) is 10.8 Å². The van der Waals surface area contributed by atoms with Crippen LogP contribution in [-0.4, -0.2) is 23.0 Å². The first-order valence-corrected chi connectivity index (χ1v) is 6.89. The minimum Gasteiger partial charge on any atom is -0.478 e. The summed E-state index contributed by atoms with van der Waals surface area (Å²) in [5.41, 5.74) is 7.60. The Kier molecular flexibility index (Phi) is 4.39. The third-order valence-electron chi connectivity index (χ3n) is 3.89. The zero-order valence-corrected chi connectivity index (χ0v) is 11.6. The molecule has 0 bridgehead atoms. The molecule has 2 rings (SSSR count). The quantitative estimate of drug-likeness (QED) is 0.788. The zero-order chi connectivity index (χ0) is 14.7. The van der Waals surface area contributed by atoms with E-state index in [0.717, 1.165) is 31.2 Å². The lowest BCUT2D eigenvalue weighted by atomic mass is 9.84. The maximum atomic E-state index is 12.2. The van der Waals surface area contributed by atoms with Crippen molar-refractivity contribution in [3.8, 4) is 0 Å². The van der Waals surface area contributed by atoms with Crippen LogP contribution >= 0.6 is 0 Å². The van der Waals surface area contributed by atoms with Crippen LogP contribution in [0.15, 0.2) is 18.2 Å². The third-order valence-corrected chi connectivity index (χ3v) is 3.89. The molecule has 0 heterocycles. The smallest absolute Gasteiger partial charge is 0.335 e. The number of nitrogens with two attached hydrogens (primary N) is 1. The number of carboxylic acids is 1. The molecule has 2 unspecified atom stereocenters. The maximum Gasteiger partial charge on any atom is 0.335 e. The Morgan fingerprint density at radius 3 is 2.60 bits per heavy atom. The largest absolute Gasteiger partial charge is 0.478 e. The average molecular weight is 276 g/mol. The van der Waals surface area contributed by atoms with Gasteiger partial charge in [0.05, 0.1) is 11.5 Å². The Morgan fingerprint density at radius 2 is 2.00 bits per heavy atom. The summed E-state index contributed by atoms with van der Waals surface area (Å²) in [5, 5.41) is 11.8. The molecule has 1 aromatic carbocycles. The Bertz CT molecular complexity index is 528. The molecule has 2 atom stereocenters. The van der Waals surface area contributed by atoms with E-state index in [1.54, 1.807) is 19.1 Å². The molecule has 1 aromatic rings. The van der Waals surface area contributed by atoms with Gasteiger partial charge in [-0.25, -0.2) is 4.79 Å². The first-order chi connectivity index (χ1) is 9.49. The monoisotopic (exact) mass is 276 g/mol. The Balaban J connectivity index is 2.09. The summed E-state index contributed by atoms with van der Waals surface area (Å²) >= 11 is 0. The van der Waals surface area contributed by atoms with Crippen LogP contribution in [0.25, 0.3) is 0 Å². The van der Waals surface area contributed by atoms with Gasteiger partial charge >= 0.3 is 5.97 Å². The molecule has 108 valence electrons. The van der Waals surface area contributed by atoms with Crippen LogP contribution in [0.3, 0.4) is 0 Å². The molecule has 0 saturated heterocycles. The van der Waals surface area contributed by atoms with Gasteiger partial charge in [0.2, 0.25) is 5.91 Å². The number of aromatic carboxylic acids is 1. The molecule has 0 aromatic heterocycles. The highest BCUT2D eigenvalue weighted by Gasteiger charge is 2.28. The number of hydrogen-bond donors (Lipinski definition) is 3. The van der Waals surface area contributed by atoms with Gasteiger partial charge in [-0.05, 0) is 43.5 Å². The first kappa shape index (κ1) is 14.5. The number of amides is 1. The molecule has 0 aliphatic heterocycles. The minimum absolute atomic E-state index is 0.0663. The van der Waals surface area contributed by atoms with Crippen LogP contribution in [-0.2, 0) is 4.79 Å². The standard InChI is InChI=1S/C15H20N2O3/c1-9-8-10(15(19)20)6-7-13(9)17-14(18)11-4-2-3-5-12(11)16/h6-8,11-12H,2-5,16H2,1H3,(H,17,18)(H,19,20). The Hall–Kier alpha value is -1.88. The van der Waals surface area contributed by atoms with Crippen molar-refractivity contribution >= 4 is 17.6 Å². The van der Waals surface area contributed by atoms with Crippen molar-refractivity contribution in [2.45, 2.75) is 38.6 Å². The fourth-order valence-corrected chi connectivity index (χ4v) is 2.65. The van der Waals surface area contributed by atoms with Crippen molar-refractivity contribution in [1.29, 1.82) is 0 Å². The second-order valence-corrected chi connectivity index (χ2v) is 5.38. The first-order valence-electron chi connectivity index (χ1n) is 6.89. The molecule has 0 radical (unpaired) electrons. The second kappa shape index (κ2) is 6.05. The predicted octanol–water partition coefficient (Wildman–Crippen LogP) is 2.15. The van der Waals surface area contributed by atoms with Crippen molar-refractivity contribution in [3.63, 3.8) is 0 Å². The maximum absolute atomic E-state index is 12.2. The Morgan fingerprint density at radius 1 is 1.30 bits per heavy atom. The lowest BCUT2D eigenvalue weighted by Gasteiger charge is -2.27. The highest BCUT2D eigenvalue weighted by atomic mass is 16.4. The van der Waals surface area contributed by atoms with E-state index in [2.05, 4.69) is 5.32 Å². The minimum atomic E-state index is -0.972. The molecule has 5 nitrogen and oxygen atoms in total. The van der Waals surface area contributed by atoms with Gasteiger partial charge in [-0.1, -0.05) is 12.8 Å². The lowest BCUT2D eigenvalue weighted by Crippen LogP contribution is -2.40. The lowest BCUT2D eigenvalue weighted by molar-refractivity contribution is -0.121. The summed E-state index contributed by atoms with van der Waals surface area (Å²) in [5.74, 6) is -1.19. The van der Waals surface area contributed by atoms with Crippen LogP contribution in [0.4, 0.5) is 5.69 Å². The van der Waals surface area contributed by atoms with E-state index in [-0.39, 0.29) is 23.4 Å². The summed E-state index contributed by atoms with van der Waals surface area (Å²) in [6.45, 7) is 1.78. The van der Waals surface area contributed by atoms with Crippen molar-refractivity contribution in [2.24, 2.45) is 11.7 Å². The van der Waals surface area contributed by atoms with Crippen LogP contribution in [0, 0.1) is 12.8 Å². The number of nitrogens with one attached hydrogen (secondary N) is 1. The number of carboxylic acid groups (broad SMARTS) is 1. The predicted molar refractivity (Wildman–Crippen MR) is 76.7 cm³/mol. The summed E-state index contributed by atoms with van der Waals surface area (Å²) < 4.78 is 0. The van der Waals surface area contributed by atoms with Gasteiger partial charge in [0.25, 0.3) is 0 Å². The SMILES string of the molecule is Cc1cc(C(=O)O)ccc1NC(=O)C1CCCCC1N. The fourth-order valence-electron chi connectivity index (χ4n) is 2.65. The molecular formula is C15H20N2O3. The number of carbonyl (C=O) groups is 2. The molecule has 1 aliphatic rings. The van der Waals surface area contributed by atoms with Gasteiger partial charge < -0.3 is 16.2 Å². The molecule has 1 fully saturated rings. The number of hydrogen-bond acceptors (Lipinski definition) is 3. The van der Waals surface area contributed by atoms with E-state index in [9.17, 15) is 9.59 Å².